The molecule has 0 unspecified atom stereocenters. The molecule has 0 fully saturated rings. The van der Waals surface area contributed by atoms with E-state index in [0.717, 1.165) is 24.9 Å². The van der Waals surface area contributed by atoms with E-state index in [1.807, 2.05) is 10.9 Å². The van der Waals surface area contributed by atoms with Crippen LogP contribution >= 0.6 is 11.5 Å². The number of nitrogens with zero attached hydrogens (tertiary/aromatic N) is 1. The molecule has 1 aromatic heterocycles. The van der Waals surface area contributed by atoms with Crippen molar-refractivity contribution in [2.75, 3.05) is 0 Å². The van der Waals surface area contributed by atoms with Crippen LogP contribution in [0.3, 0.4) is 0 Å². The van der Waals surface area contributed by atoms with Crippen LogP contribution in [0.1, 0.15) is 23.8 Å². The van der Waals surface area contributed by atoms with Gasteiger partial charge in [0.05, 0.1) is 0 Å². The molecular weight excluding hydrogens is 158 g/mol. The molecule has 11 heavy (non-hydrogen) atoms. The van der Waals surface area contributed by atoms with Crippen LogP contribution in [0.15, 0.2) is 4.79 Å². The van der Waals surface area contributed by atoms with E-state index in [2.05, 4.69) is 0 Å². The fourth-order valence-electron chi connectivity index (χ4n) is 1.58. The Labute approximate surface area is 69.6 Å². The number of aromatic nitrogens is 1. The van der Waals surface area contributed by atoms with Crippen molar-refractivity contribution in [3.63, 3.8) is 0 Å². The van der Waals surface area contributed by atoms with Gasteiger partial charge in [-0.15, -0.1) is 0 Å². The van der Waals surface area contributed by atoms with Crippen molar-refractivity contribution in [1.82, 2.24) is 3.96 Å². The lowest BCUT2D eigenvalue weighted by Crippen LogP contribution is -2.14. The van der Waals surface area contributed by atoms with Gasteiger partial charge in [0, 0.05) is 17.0 Å². The summed E-state index contributed by atoms with van der Waals surface area (Å²) in [7, 11) is 0. The quantitative estimate of drug-likeness (QED) is 0.623. The van der Waals surface area contributed by atoms with Crippen LogP contribution in [0.2, 0.25) is 0 Å². The highest BCUT2D eigenvalue weighted by molar-refractivity contribution is 7.06. The predicted molar refractivity (Wildman–Crippen MR) is 46.3 cm³/mol. The van der Waals surface area contributed by atoms with Crippen molar-refractivity contribution in [1.29, 1.82) is 0 Å². The molecule has 0 atom stereocenters. The Morgan fingerprint density at radius 3 is 3.00 bits per heavy atom. The average molecular weight is 169 g/mol. The van der Waals surface area contributed by atoms with Gasteiger partial charge in [0.25, 0.3) is 5.56 Å². The highest BCUT2D eigenvalue weighted by Crippen LogP contribution is 2.22. The summed E-state index contributed by atoms with van der Waals surface area (Å²) in [6.45, 7) is 2.85. The number of hydrogen-bond acceptors (Lipinski definition) is 2. The first-order valence-electron chi connectivity index (χ1n) is 4.04. The van der Waals surface area contributed by atoms with Gasteiger partial charge in [-0.1, -0.05) is 11.5 Å². The third kappa shape index (κ3) is 0.948. The van der Waals surface area contributed by atoms with Gasteiger partial charge in [0.2, 0.25) is 0 Å². The van der Waals surface area contributed by atoms with Crippen LogP contribution in [0.25, 0.3) is 0 Å². The number of hydrogen-bond donors (Lipinski definition) is 0. The summed E-state index contributed by atoms with van der Waals surface area (Å²) in [5, 5.41) is 0. The van der Waals surface area contributed by atoms with Gasteiger partial charge in [0.1, 0.15) is 0 Å². The molecule has 60 valence electrons. The Kier molecular flexibility index (Phi) is 1.60. The van der Waals surface area contributed by atoms with Crippen LogP contribution in [0.5, 0.6) is 0 Å². The lowest BCUT2D eigenvalue weighted by molar-refractivity contribution is 0.791. The van der Waals surface area contributed by atoms with E-state index in [9.17, 15) is 4.79 Å². The summed E-state index contributed by atoms with van der Waals surface area (Å²) in [6.07, 6.45) is 3.32. The molecule has 1 aliphatic rings. The predicted octanol–water partition coefficient (Wildman–Crippen LogP) is 1.42. The number of aryl methyl sites for hydroxylation is 2. The highest BCUT2D eigenvalue weighted by Gasteiger charge is 2.18. The number of fused-ring (bicyclic) bond motifs is 1. The van der Waals surface area contributed by atoms with Crippen molar-refractivity contribution < 1.29 is 0 Å². The molecule has 1 aliphatic carbocycles. The topological polar surface area (TPSA) is 22.0 Å². The van der Waals surface area contributed by atoms with Crippen molar-refractivity contribution in [3.05, 3.63) is 20.8 Å². The van der Waals surface area contributed by atoms with E-state index < -0.39 is 0 Å². The molecule has 0 radical (unpaired) electrons. The average Bonchev–Trinajstić information content (AvgIpc) is 2.53. The summed E-state index contributed by atoms with van der Waals surface area (Å²) in [5.41, 5.74) is 1.36. The standard InChI is InChI=1S/C8H11NOS/c1-2-9-8(10)6-4-3-5-7(6)11-9/h2-5H2,1H3. The van der Waals surface area contributed by atoms with E-state index in [-0.39, 0.29) is 5.56 Å². The fraction of sp³-hybridized carbons (Fsp3) is 0.625. The maximum absolute atomic E-state index is 11.5. The Hall–Kier alpha value is -0.570. The third-order valence-corrected chi connectivity index (χ3v) is 3.47. The molecule has 0 N–H and O–H groups in total. The van der Waals surface area contributed by atoms with Crippen molar-refractivity contribution >= 4 is 11.5 Å². The van der Waals surface area contributed by atoms with E-state index in [1.165, 1.54) is 11.3 Å². The molecular formula is C8H11NOS. The molecule has 2 rings (SSSR count). The molecule has 0 amide bonds. The molecule has 0 saturated heterocycles. The molecule has 0 bridgehead atoms. The summed E-state index contributed by atoms with van der Waals surface area (Å²) < 4.78 is 1.85. The van der Waals surface area contributed by atoms with Crippen LogP contribution in [0.4, 0.5) is 0 Å². The molecule has 2 nitrogen and oxygen atoms in total. The molecule has 1 heterocycles. The zero-order valence-corrected chi connectivity index (χ0v) is 7.41. The molecule has 0 saturated carbocycles. The van der Waals surface area contributed by atoms with E-state index in [1.54, 1.807) is 11.5 Å². The van der Waals surface area contributed by atoms with Crippen molar-refractivity contribution in [3.8, 4) is 0 Å². The maximum atomic E-state index is 11.5. The van der Waals surface area contributed by atoms with Crippen LogP contribution < -0.4 is 5.56 Å². The first-order valence-corrected chi connectivity index (χ1v) is 4.82. The lowest BCUT2D eigenvalue weighted by Gasteiger charge is -1.91. The second kappa shape index (κ2) is 2.48. The second-order valence-corrected chi connectivity index (χ2v) is 3.96. The Morgan fingerprint density at radius 1 is 1.55 bits per heavy atom. The second-order valence-electron chi connectivity index (χ2n) is 2.85. The van der Waals surface area contributed by atoms with Gasteiger partial charge in [0.15, 0.2) is 0 Å². The minimum Gasteiger partial charge on any atom is -0.268 e. The van der Waals surface area contributed by atoms with Crippen molar-refractivity contribution in [2.45, 2.75) is 32.7 Å². The van der Waals surface area contributed by atoms with E-state index in [4.69, 9.17) is 0 Å². The summed E-state index contributed by atoms with van der Waals surface area (Å²) >= 11 is 1.65. The summed E-state index contributed by atoms with van der Waals surface area (Å²) in [6, 6.07) is 0. The largest absolute Gasteiger partial charge is 0.268 e. The molecule has 0 aromatic carbocycles. The molecule has 0 aliphatic heterocycles. The van der Waals surface area contributed by atoms with Gasteiger partial charge in [-0.05, 0) is 26.2 Å². The van der Waals surface area contributed by atoms with Gasteiger partial charge in [-0.2, -0.15) is 0 Å². The fourth-order valence-corrected chi connectivity index (χ4v) is 2.70. The smallest absolute Gasteiger partial charge is 0.264 e. The summed E-state index contributed by atoms with van der Waals surface area (Å²) in [5.74, 6) is 0. The third-order valence-electron chi connectivity index (χ3n) is 2.16. The van der Waals surface area contributed by atoms with Gasteiger partial charge < -0.3 is 0 Å². The minimum absolute atomic E-state index is 0.269. The van der Waals surface area contributed by atoms with Gasteiger partial charge in [-0.25, -0.2) is 0 Å². The SMILES string of the molecule is CCn1sc2c(c1=O)CCC2. The Balaban J connectivity index is 2.58. The van der Waals surface area contributed by atoms with E-state index >= 15 is 0 Å². The summed E-state index contributed by atoms with van der Waals surface area (Å²) in [4.78, 5) is 12.8. The van der Waals surface area contributed by atoms with Crippen LogP contribution in [0, 0.1) is 0 Å². The zero-order chi connectivity index (χ0) is 7.84. The lowest BCUT2D eigenvalue weighted by atomic mass is 10.3. The monoisotopic (exact) mass is 169 g/mol. The van der Waals surface area contributed by atoms with Gasteiger partial charge in [-0.3, -0.25) is 8.75 Å². The molecule has 0 spiro atoms. The molecule has 1 aromatic rings. The molecule has 3 heteroatoms. The highest BCUT2D eigenvalue weighted by atomic mass is 32.1. The zero-order valence-electron chi connectivity index (χ0n) is 6.59. The number of rotatable bonds is 1. The first kappa shape index (κ1) is 7.10. The van der Waals surface area contributed by atoms with Gasteiger partial charge >= 0.3 is 0 Å². The minimum atomic E-state index is 0.269. The first-order chi connectivity index (χ1) is 5.33. The van der Waals surface area contributed by atoms with E-state index in [0.29, 0.717) is 0 Å². The Morgan fingerprint density at radius 2 is 2.36 bits per heavy atom. The maximum Gasteiger partial charge on any atom is 0.264 e. The van der Waals surface area contributed by atoms with Crippen LogP contribution in [-0.4, -0.2) is 3.96 Å². The normalized spacial score (nSPS) is 15.4. The van der Waals surface area contributed by atoms with Crippen molar-refractivity contribution in [2.24, 2.45) is 0 Å². The Bertz CT molecular complexity index is 323. The van der Waals surface area contributed by atoms with Crippen LogP contribution in [-0.2, 0) is 19.4 Å².